The molecule has 1 unspecified atom stereocenters. The van der Waals surface area contributed by atoms with Gasteiger partial charge in [-0.25, -0.2) is 0 Å². The first kappa shape index (κ1) is 13.6. The van der Waals surface area contributed by atoms with E-state index in [0.717, 1.165) is 19.5 Å². The van der Waals surface area contributed by atoms with Crippen molar-refractivity contribution in [3.8, 4) is 0 Å². The Morgan fingerprint density at radius 2 is 2.10 bits per heavy atom. The van der Waals surface area contributed by atoms with Gasteiger partial charge in [-0.05, 0) is 62.9 Å². The smallest absolute Gasteiger partial charge is 0.248 e. The molecule has 108 valence electrons. The Hall–Kier alpha value is -1.39. The number of primary amides is 1. The number of nitrogens with one attached hydrogen (secondary N) is 2. The molecule has 1 aliphatic carbocycles. The first-order chi connectivity index (χ1) is 9.70. The van der Waals surface area contributed by atoms with E-state index in [1.165, 1.54) is 31.2 Å². The molecule has 1 heterocycles. The maximum Gasteiger partial charge on any atom is 0.248 e. The molecule has 1 spiro atoms. The van der Waals surface area contributed by atoms with Crippen molar-refractivity contribution in [3.63, 3.8) is 0 Å². The van der Waals surface area contributed by atoms with E-state index in [1.807, 2.05) is 24.3 Å². The summed E-state index contributed by atoms with van der Waals surface area (Å²) in [5, 5.41) is 7.38. The largest absolute Gasteiger partial charge is 0.366 e. The van der Waals surface area contributed by atoms with Crippen LogP contribution in [0.3, 0.4) is 0 Å². The summed E-state index contributed by atoms with van der Waals surface area (Å²) in [5.41, 5.74) is 7.46. The number of benzene rings is 1. The Balaban J connectivity index is 1.49. The van der Waals surface area contributed by atoms with Crippen molar-refractivity contribution >= 4 is 5.91 Å². The minimum absolute atomic E-state index is 0.362. The first-order valence-electron chi connectivity index (χ1n) is 7.57. The van der Waals surface area contributed by atoms with Gasteiger partial charge < -0.3 is 16.4 Å². The maximum atomic E-state index is 11.0. The molecule has 4 heteroatoms. The van der Waals surface area contributed by atoms with Gasteiger partial charge in [0.1, 0.15) is 0 Å². The fourth-order valence-corrected chi connectivity index (χ4v) is 3.47. The summed E-state index contributed by atoms with van der Waals surface area (Å²) in [4.78, 5) is 11.0. The van der Waals surface area contributed by atoms with E-state index < -0.39 is 0 Å². The highest BCUT2D eigenvalue weighted by molar-refractivity contribution is 5.92. The van der Waals surface area contributed by atoms with Crippen LogP contribution >= 0.6 is 0 Å². The van der Waals surface area contributed by atoms with Crippen molar-refractivity contribution in [1.82, 2.24) is 10.6 Å². The van der Waals surface area contributed by atoms with Crippen LogP contribution in [0.15, 0.2) is 24.3 Å². The van der Waals surface area contributed by atoms with E-state index in [2.05, 4.69) is 10.6 Å². The lowest BCUT2D eigenvalue weighted by Gasteiger charge is -2.44. The quantitative estimate of drug-likeness (QED) is 0.755. The number of amides is 1. The average Bonchev–Trinajstić information content (AvgIpc) is 2.83. The summed E-state index contributed by atoms with van der Waals surface area (Å²) in [7, 11) is 0. The molecule has 1 atom stereocenters. The van der Waals surface area contributed by atoms with Gasteiger partial charge >= 0.3 is 0 Å². The Bertz CT molecular complexity index is 479. The van der Waals surface area contributed by atoms with Crippen molar-refractivity contribution in [1.29, 1.82) is 0 Å². The highest BCUT2D eigenvalue weighted by Crippen LogP contribution is 2.38. The molecule has 4 N–H and O–H groups in total. The minimum atomic E-state index is -0.362. The second kappa shape index (κ2) is 5.54. The van der Waals surface area contributed by atoms with E-state index in [1.54, 1.807) is 0 Å². The van der Waals surface area contributed by atoms with E-state index in [-0.39, 0.29) is 5.91 Å². The fourth-order valence-electron chi connectivity index (χ4n) is 3.47. The standard InChI is InChI=1S/C16H23N3O/c17-15(20)13-4-2-12(3-5-13)6-10-18-14-7-11-19-16(14)8-1-9-16/h2-5,14,18-19H,1,6-11H2,(H2,17,20). The van der Waals surface area contributed by atoms with E-state index in [0.29, 0.717) is 17.1 Å². The molecule has 0 aromatic heterocycles. The lowest BCUT2D eigenvalue weighted by atomic mass is 9.73. The third kappa shape index (κ3) is 2.58. The molecule has 0 radical (unpaired) electrons. The third-order valence-electron chi connectivity index (χ3n) is 4.87. The lowest BCUT2D eigenvalue weighted by molar-refractivity contribution is 0.100. The van der Waals surface area contributed by atoms with Crippen LogP contribution in [0.2, 0.25) is 0 Å². The van der Waals surface area contributed by atoms with Gasteiger partial charge in [0, 0.05) is 17.1 Å². The molecule has 2 aliphatic rings. The van der Waals surface area contributed by atoms with Crippen molar-refractivity contribution in [2.24, 2.45) is 5.73 Å². The molecule has 1 amide bonds. The number of nitrogens with two attached hydrogens (primary N) is 1. The molecule has 1 saturated heterocycles. The van der Waals surface area contributed by atoms with Crippen molar-refractivity contribution in [2.75, 3.05) is 13.1 Å². The molecule has 1 aliphatic heterocycles. The maximum absolute atomic E-state index is 11.0. The van der Waals surface area contributed by atoms with Gasteiger partial charge in [-0.3, -0.25) is 4.79 Å². The molecule has 1 aromatic rings. The van der Waals surface area contributed by atoms with Crippen LogP contribution in [-0.2, 0) is 6.42 Å². The second-order valence-corrected chi connectivity index (χ2v) is 6.04. The molecule has 20 heavy (non-hydrogen) atoms. The van der Waals surface area contributed by atoms with E-state index >= 15 is 0 Å². The zero-order chi connectivity index (χ0) is 14.0. The zero-order valence-electron chi connectivity index (χ0n) is 11.8. The summed E-state index contributed by atoms with van der Waals surface area (Å²) >= 11 is 0. The molecule has 0 bridgehead atoms. The van der Waals surface area contributed by atoms with Gasteiger partial charge in [0.2, 0.25) is 5.91 Å². The van der Waals surface area contributed by atoms with Crippen LogP contribution in [0.4, 0.5) is 0 Å². The Labute approximate surface area is 120 Å². The highest BCUT2D eigenvalue weighted by Gasteiger charge is 2.46. The highest BCUT2D eigenvalue weighted by atomic mass is 16.1. The topological polar surface area (TPSA) is 67.2 Å². The van der Waals surface area contributed by atoms with Gasteiger partial charge in [-0.1, -0.05) is 12.1 Å². The van der Waals surface area contributed by atoms with Gasteiger partial charge in [0.15, 0.2) is 0 Å². The number of carbonyl (C=O) groups excluding carboxylic acids is 1. The molecule has 1 aromatic carbocycles. The molecular formula is C16H23N3O. The van der Waals surface area contributed by atoms with Crippen LogP contribution in [0, 0.1) is 0 Å². The molecule has 4 nitrogen and oxygen atoms in total. The minimum Gasteiger partial charge on any atom is -0.366 e. The Morgan fingerprint density at radius 1 is 1.35 bits per heavy atom. The summed E-state index contributed by atoms with van der Waals surface area (Å²) in [5.74, 6) is -0.362. The summed E-state index contributed by atoms with van der Waals surface area (Å²) in [6, 6.07) is 8.23. The monoisotopic (exact) mass is 273 g/mol. The fraction of sp³-hybridized carbons (Fsp3) is 0.562. The normalized spacial score (nSPS) is 23.7. The second-order valence-electron chi connectivity index (χ2n) is 6.04. The van der Waals surface area contributed by atoms with E-state index in [9.17, 15) is 4.79 Å². The molecule has 1 saturated carbocycles. The van der Waals surface area contributed by atoms with Gasteiger partial charge in [-0.15, -0.1) is 0 Å². The van der Waals surface area contributed by atoms with Gasteiger partial charge in [0.25, 0.3) is 0 Å². The molecule has 3 rings (SSSR count). The van der Waals surface area contributed by atoms with E-state index in [4.69, 9.17) is 5.73 Å². The predicted octanol–water partition coefficient (Wildman–Crippen LogP) is 1.20. The number of carbonyl (C=O) groups is 1. The van der Waals surface area contributed by atoms with Crippen molar-refractivity contribution in [3.05, 3.63) is 35.4 Å². The van der Waals surface area contributed by atoms with Crippen LogP contribution in [0.5, 0.6) is 0 Å². The van der Waals surface area contributed by atoms with Crippen LogP contribution in [0.25, 0.3) is 0 Å². The average molecular weight is 273 g/mol. The van der Waals surface area contributed by atoms with Crippen LogP contribution in [0.1, 0.15) is 41.6 Å². The SMILES string of the molecule is NC(=O)c1ccc(CCNC2CCNC23CCC3)cc1. The third-order valence-corrected chi connectivity index (χ3v) is 4.87. The summed E-state index contributed by atoms with van der Waals surface area (Å²) < 4.78 is 0. The zero-order valence-corrected chi connectivity index (χ0v) is 11.8. The van der Waals surface area contributed by atoms with Crippen LogP contribution < -0.4 is 16.4 Å². The van der Waals surface area contributed by atoms with Gasteiger partial charge in [0.05, 0.1) is 0 Å². The van der Waals surface area contributed by atoms with Gasteiger partial charge in [-0.2, -0.15) is 0 Å². The Morgan fingerprint density at radius 3 is 2.70 bits per heavy atom. The number of rotatable bonds is 5. The number of hydrogen-bond donors (Lipinski definition) is 3. The van der Waals surface area contributed by atoms with Crippen LogP contribution in [-0.4, -0.2) is 30.6 Å². The summed E-state index contributed by atoms with van der Waals surface area (Å²) in [6.45, 7) is 2.13. The first-order valence-corrected chi connectivity index (χ1v) is 7.57. The van der Waals surface area contributed by atoms with Crippen molar-refractivity contribution < 1.29 is 4.79 Å². The molecular weight excluding hydrogens is 250 g/mol. The number of hydrogen-bond acceptors (Lipinski definition) is 3. The van der Waals surface area contributed by atoms with Crippen molar-refractivity contribution in [2.45, 2.75) is 43.7 Å². The lowest BCUT2D eigenvalue weighted by Crippen LogP contribution is -2.58. The summed E-state index contributed by atoms with van der Waals surface area (Å²) in [6.07, 6.45) is 6.22. The predicted molar refractivity (Wildman–Crippen MR) is 79.7 cm³/mol. The Kier molecular flexibility index (Phi) is 3.76. The molecule has 2 fully saturated rings.